The molecule has 0 bridgehead atoms. The molecule has 0 N–H and O–H groups in total. The van der Waals surface area contributed by atoms with Gasteiger partial charge < -0.3 is 14.2 Å². The second kappa shape index (κ2) is 8.06. The van der Waals surface area contributed by atoms with Crippen LogP contribution in [0, 0.1) is 20.8 Å². The molecule has 0 heterocycles. The summed E-state index contributed by atoms with van der Waals surface area (Å²) in [5, 5.41) is 0.333. The number of aryl methyl sites for hydroxylation is 2. The predicted octanol–water partition coefficient (Wildman–Crippen LogP) is 4.54. The zero-order chi connectivity index (χ0) is 17.7. The van der Waals surface area contributed by atoms with Gasteiger partial charge in [0.25, 0.3) is 0 Å². The van der Waals surface area contributed by atoms with Gasteiger partial charge in [0.1, 0.15) is 25.2 Å². The highest BCUT2D eigenvalue weighted by Crippen LogP contribution is 2.36. The molecule has 0 amide bonds. The molecule has 24 heavy (non-hydrogen) atoms. The fraction of sp³-hybridized carbons (Fsp3) is 0.316. The number of halogens is 1. The minimum atomic E-state index is 0.309. The summed E-state index contributed by atoms with van der Waals surface area (Å²) in [6.07, 6.45) is 0.713. The van der Waals surface area contributed by atoms with Crippen LogP contribution in [-0.4, -0.2) is 26.6 Å². The normalized spacial score (nSPS) is 10.4. The second-order valence-electron chi connectivity index (χ2n) is 5.50. The number of hydrogen-bond acceptors (Lipinski definition) is 4. The Labute approximate surface area is 147 Å². The summed E-state index contributed by atoms with van der Waals surface area (Å²) in [5.74, 6) is 1.71. The van der Waals surface area contributed by atoms with Crippen LogP contribution in [0.5, 0.6) is 17.2 Å². The molecular weight excluding hydrogens is 328 g/mol. The van der Waals surface area contributed by atoms with Crippen LogP contribution in [0.3, 0.4) is 0 Å². The predicted molar refractivity (Wildman–Crippen MR) is 95.0 cm³/mol. The van der Waals surface area contributed by atoms with Crippen molar-refractivity contribution >= 4 is 17.9 Å². The van der Waals surface area contributed by atoms with Crippen LogP contribution in [0.15, 0.2) is 24.3 Å². The molecule has 5 heteroatoms. The number of carbonyl (C=O) groups excluding carboxylic acids is 1. The van der Waals surface area contributed by atoms with Crippen molar-refractivity contribution in [3.05, 3.63) is 51.5 Å². The molecule has 0 atom stereocenters. The summed E-state index contributed by atoms with van der Waals surface area (Å²) in [6.45, 7) is 6.79. The molecule has 0 radical (unpaired) electrons. The monoisotopic (exact) mass is 348 g/mol. The Bertz CT molecular complexity index is 741. The number of benzene rings is 2. The number of rotatable bonds is 7. The van der Waals surface area contributed by atoms with Gasteiger partial charge >= 0.3 is 0 Å². The van der Waals surface area contributed by atoms with Crippen LogP contribution in [0.4, 0.5) is 0 Å². The molecule has 0 unspecified atom stereocenters. The molecule has 128 valence electrons. The van der Waals surface area contributed by atoms with Gasteiger partial charge in [0.15, 0.2) is 11.5 Å². The number of hydrogen-bond donors (Lipinski definition) is 0. The van der Waals surface area contributed by atoms with Gasteiger partial charge in [0, 0.05) is 5.56 Å². The molecule has 4 nitrogen and oxygen atoms in total. The second-order valence-corrected chi connectivity index (χ2v) is 5.91. The van der Waals surface area contributed by atoms with Gasteiger partial charge in [-0.1, -0.05) is 23.7 Å². The smallest absolute Gasteiger partial charge is 0.179 e. The Hall–Kier alpha value is -2.20. The molecule has 2 rings (SSSR count). The molecular formula is C19H21ClO4. The Morgan fingerprint density at radius 3 is 2.25 bits per heavy atom. The maximum Gasteiger partial charge on any atom is 0.179 e. The largest absolute Gasteiger partial charge is 0.493 e. The van der Waals surface area contributed by atoms with E-state index in [4.69, 9.17) is 25.8 Å². The highest BCUT2D eigenvalue weighted by atomic mass is 35.5. The minimum Gasteiger partial charge on any atom is -0.493 e. The van der Waals surface area contributed by atoms with E-state index in [1.807, 2.05) is 19.9 Å². The summed E-state index contributed by atoms with van der Waals surface area (Å²) in [6, 6.07) is 7.25. The molecule has 0 aliphatic heterocycles. The molecule has 0 aromatic heterocycles. The number of carbonyl (C=O) groups is 1. The Balaban J connectivity index is 2.03. The van der Waals surface area contributed by atoms with E-state index in [1.54, 1.807) is 12.1 Å². The van der Waals surface area contributed by atoms with Crippen LogP contribution in [0.25, 0.3) is 0 Å². The third-order valence-electron chi connectivity index (χ3n) is 3.84. The van der Waals surface area contributed by atoms with Crippen molar-refractivity contribution in [3.8, 4) is 17.2 Å². The fourth-order valence-corrected chi connectivity index (χ4v) is 2.66. The van der Waals surface area contributed by atoms with Crippen molar-refractivity contribution in [2.75, 3.05) is 20.3 Å². The average molecular weight is 349 g/mol. The average Bonchev–Trinajstić information content (AvgIpc) is 2.58. The lowest BCUT2D eigenvalue weighted by molar-refractivity contribution is 0.112. The molecule has 0 saturated heterocycles. The van der Waals surface area contributed by atoms with E-state index in [2.05, 4.69) is 13.0 Å². The maximum absolute atomic E-state index is 10.9. The molecule has 2 aromatic carbocycles. The highest BCUT2D eigenvalue weighted by Gasteiger charge is 2.12. The van der Waals surface area contributed by atoms with Crippen LogP contribution in [0.1, 0.15) is 27.0 Å². The van der Waals surface area contributed by atoms with Gasteiger partial charge in [-0.25, -0.2) is 0 Å². The van der Waals surface area contributed by atoms with Crippen LogP contribution in [-0.2, 0) is 0 Å². The van der Waals surface area contributed by atoms with E-state index in [0.717, 1.165) is 16.9 Å². The first-order valence-corrected chi connectivity index (χ1v) is 8.00. The van der Waals surface area contributed by atoms with E-state index in [9.17, 15) is 4.79 Å². The topological polar surface area (TPSA) is 44.8 Å². The lowest BCUT2D eigenvalue weighted by atomic mass is 10.1. The van der Waals surface area contributed by atoms with E-state index >= 15 is 0 Å². The van der Waals surface area contributed by atoms with Crippen molar-refractivity contribution in [1.82, 2.24) is 0 Å². The third kappa shape index (κ3) is 4.01. The highest BCUT2D eigenvalue weighted by molar-refractivity contribution is 6.32. The first-order chi connectivity index (χ1) is 11.5. The van der Waals surface area contributed by atoms with Crippen LogP contribution < -0.4 is 14.2 Å². The zero-order valence-electron chi connectivity index (χ0n) is 14.3. The fourth-order valence-electron chi connectivity index (χ4n) is 2.38. The quantitative estimate of drug-likeness (QED) is 0.544. The van der Waals surface area contributed by atoms with Crippen molar-refractivity contribution in [2.24, 2.45) is 0 Å². The van der Waals surface area contributed by atoms with E-state index < -0.39 is 0 Å². The summed E-state index contributed by atoms with van der Waals surface area (Å²) >= 11 is 6.15. The van der Waals surface area contributed by atoms with Crippen molar-refractivity contribution in [3.63, 3.8) is 0 Å². The van der Waals surface area contributed by atoms with Gasteiger partial charge in [-0.2, -0.15) is 0 Å². The van der Waals surface area contributed by atoms with E-state index in [0.29, 0.717) is 41.6 Å². The first kappa shape index (κ1) is 18.1. The van der Waals surface area contributed by atoms with Crippen LogP contribution >= 0.6 is 11.6 Å². The molecule has 2 aromatic rings. The Morgan fingerprint density at radius 1 is 1.00 bits per heavy atom. The molecule has 0 aliphatic rings. The van der Waals surface area contributed by atoms with Gasteiger partial charge in [-0.3, -0.25) is 4.79 Å². The van der Waals surface area contributed by atoms with Crippen molar-refractivity contribution < 1.29 is 19.0 Å². The van der Waals surface area contributed by atoms with Crippen molar-refractivity contribution in [2.45, 2.75) is 20.8 Å². The van der Waals surface area contributed by atoms with Crippen molar-refractivity contribution in [1.29, 1.82) is 0 Å². The molecule has 0 spiro atoms. The number of ether oxygens (including phenoxy) is 3. The summed E-state index contributed by atoms with van der Waals surface area (Å²) in [4.78, 5) is 10.9. The molecule has 0 saturated carbocycles. The Kier molecular flexibility index (Phi) is 6.10. The van der Waals surface area contributed by atoms with Gasteiger partial charge in [-0.05, 0) is 49.6 Å². The third-order valence-corrected chi connectivity index (χ3v) is 4.12. The summed E-state index contributed by atoms with van der Waals surface area (Å²) in [7, 11) is 1.50. The van der Waals surface area contributed by atoms with Gasteiger partial charge in [0.05, 0.1) is 12.1 Å². The lowest BCUT2D eigenvalue weighted by Gasteiger charge is -2.16. The number of methoxy groups -OCH3 is 1. The van der Waals surface area contributed by atoms with E-state index in [-0.39, 0.29) is 0 Å². The van der Waals surface area contributed by atoms with E-state index in [1.165, 1.54) is 12.7 Å². The van der Waals surface area contributed by atoms with Gasteiger partial charge in [0.2, 0.25) is 0 Å². The van der Waals surface area contributed by atoms with Crippen LogP contribution in [0.2, 0.25) is 5.02 Å². The molecule has 0 aliphatic carbocycles. The molecule has 0 fully saturated rings. The zero-order valence-corrected chi connectivity index (χ0v) is 15.1. The summed E-state index contributed by atoms with van der Waals surface area (Å²) in [5.41, 5.74) is 3.84. The van der Waals surface area contributed by atoms with Gasteiger partial charge in [-0.15, -0.1) is 0 Å². The summed E-state index contributed by atoms with van der Waals surface area (Å²) < 4.78 is 16.8. The lowest BCUT2D eigenvalue weighted by Crippen LogP contribution is -2.11. The maximum atomic E-state index is 10.9. The SMILES string of the molecule is COc1cc(C=O)cc(Cl)c1OCCOc1c(C)ccc(C)c1C. The first-order valence-electron chi connectivity index (χ1n) is 7.63. The number of aldehydes is 1. The standard InChI is InChI=1S/C19H21ClO4/c1-12-5-6-13(2)18(14(12)3)23-7-8-24-19-16(20)9-15(11-21)10-17(19)22-4/h5-6,9-11H,7-8H2,1-4H3. The minimum absolute atomic E-state index is 0.309. The Morgan fingerprint density at radius 2 is 1.62 bits per heavy atom.